The Morgan fingerprint density at radius 2 is 1.63 bits per heavy atom. The molecule has 0 aliphatic heterocycles. The number of carbonyl (C=O) groups is 2. The number of para-hydroxylation sites is 1. The summed E-state index contributed by atoms with van der Waals surface area (Å²) in [6, 6.07) is 14.7. The zero-order valence-electron chi connectivity index (χ0n) is 16.4. The zero-order valence-corrected chi connectivity index (χ0v) is 16.4. The number of nitrogens with zero attached hydrogens (tertiary/aromatic N) is 2. The van der Waals surface area contributed by atoms with Gasteiger partial charge in [0.2, 0.25) is 5.91 Å². The number of hydrogen-bond donors (Lipinski definition) is 1. The van der Waals surface area contributed by atoms with Gasteiger partial charge in [-0.25, -0.2) is 0 Å². The first kappa shape index (κ1) is 20.3. The second kappa shape index (κ2) is 9.62. The summed E-state index contributed by atoms with van der Waals surface area (Å²) in [6.07, 6.45) is 0. The lowest BCUT2D eigenvalue weighted by Crippen LogP contribution is -2.41. The van der Waals surface area contributed by atoms with Gasteiger partial charge in [-0.05, 0) is 50.2 Å². The van der Waals surface area contributed by atoms with Crippen molar-refractivity contribution in [2.45, 2.75) is 13.8 Å². The highest BCUT2D eigenvalue weighted by molar-refractivity contribution is 6.01. The molecule has 1 N–H and O–H groups in total. The summed E-state index contributed by atoms with van der Waals surface area (Å²) >= 11 is 0. The summed E-state index contributed by atoms with van der Waals surface area (Å²) < 4.78 is 5.16. The topological polar surface area (TPSA) is 61.9 Å². The average Bonchev–Trinajstić information content (AvgIpc) is 2.69. The van der Waals surface area contributed by atoms with Crippen molar-refractivity contribution < 1.29 is 14.3 Å². The molecule has 0 saturated heterocycles. The van der Waals surface area contributed by atoms with Gasteiger partial charge in [-0.2, -0.15) is 0 Å². The van der Waals surface area contributed by atoms with Gasteiger partial charge in [-0.1, -0.05) is 12.1 Å². The summed E-state index contributed by atoms with van der Waals surface area (Å²) in [6.45, 7) is 5.17. The highest BCUT2D eigenvalue weighted by Crippen LogP contribution is 2.23. The van der Waals surface area contributed by atoms with Gasteiger partial charge >= 0.3 is 0 Å². The second-order valence-electron chi connectivity index (χ2n) is 6.13. The van der Waals surface area contributed by atoms with Crippen molar-refractivity contribution in [3.8, 4) is 5.75 Å². The van der Waals surface area contributed by atoms with Crippen LogP contribution in [0.2, 0.25) is 0 Å². The highest BCUT2D eigenvalue weighted by Gasteiger charge is 2.20. The van der Waals surface area contributed by atoms with Crippen LogP contribution in [0.3, 0.4) is 0 Å². The summed E-state index contributed by atoms with van der Waals surface area (Å²) in [4.78, 5) is 28.3. The molecule has 0 atom stereocenters. The third-order valence-electron chi connectivity index (χ3n) is 4.36. The van der Waals surface area contributed by atoms with Gasteiger partial charge in [-0.15, -0.1) is 0 Å². The molecule has 0 fully saturated rings. The quantitative estimate of drug-likeness (QED) is 0.775. The fourth-order valence-electron chi connectivity index (χ4n) is 2.77. The van der Waals surface area contributed by atoms with Gasteiger partial charge < -0.3 is 19.9 Å². The molecule has 2 amide bonds. The van der Waals surface area contributed by atoms with E-state index < -0.39 is 0 Å². The monoisotopic (exact) mass is 369 g/mol. The molecule has 0 radical (unpaired) electrons. The van der Waals surface area contributed by atoms with Crippen molar-refractivity contribution >= 4 is 23.2 Å². The van der Waals surface area contributed by atoms with Gasteiger partial charge in [0.25, 0.3) is 5.91 Å². The predicted molar refractivity (Wildman–Crippen MR) is 108 cm³/mol. The molecule has 0 aliphatic carbocycles. The Morgan fingerprint density at radius 1 is 1.00 bits per heavy atom. The zero-order chi connectivity index (χ0) is 19.8. The minimum atomic E-state index is -0.202. The van der Waals surface area contributed by atoms with E-state index >= 15 is 0 Å². The van der Waals surface area contributed by atoms with Gasteiger partial charge in [0.15, 0.2) is 0 Å². The van der Waals surface area contributed by atoms with E-state index in [2.05, 4.69) is 5.32 Å². The molecule has 0 bridgehead atoms. The largest absolute Gasteiger partial charge is 0.497 e. The molecule has 6 nitrogen and oxygen atoms in total. The summed E-state index contributed by atoms with van der Waals surface area (Å²) in [7, 11) is 3.26. The Kier molecular flexibility index (Phi) is 7.23. The standard InChI is InChI=1S/C21H27N3O3/c1-5-24(6-2)20(25)15-23(3)21(26)18-9-7-8-10-19(18)22-16-11-13-17(27-4)14-12-16/h7-14,22H,5-6,15H2,1-4H3. The Balaban J connectivity index is 2.15. The molecule has 0 heterocycles. The van der Waals surface area contributed by atoms with Crippen molar-refractivity contribution in [1.82, 2.24) is 9.80 Å². The van der Waals surface area contributed by atoms with Gasteiger partial charge in [0.05, 0.1) is 24.9 Å². The van der Waals surface area contributed by atoms with Crippen molar-refractivity contribution in [3.63, 3.8) is 0 Å². The van der Waals surface area contributed by atoms with E-state index in [1.165, 1.54) is 4.90 Å². The molecule has 2 aromatic rings. The van der Waals surface area contributed by atoms with Crippen LogP contribution in [-0.4, -0.2) is 55.4 Å². The number of likely N-dealkylation sites (N-methyl/N-ethyl adjacent to an activating group) is 2. The van der Waals surface area contributed by atoms with E-state index in [1.54, 1.807) is 25.1 Å². The molecular formula is C21H27N3O3. The smallest absolute Gasteiger partial charge is 0.256 e. The highest BCUT2D eigenvalue weighted by atomic mass is 16.5. The van der Waals surface area contributed by atoms with Crippen LogP contribution in [0.4, 0.5) is 11.4 Å². The maximum Gasteiger partial charge on any atom is 0.256 e. The Bertz CT molecular complexity index is 770. The van der Waals surface area contributed by atoms with E-state index in [0.29, 0.717) is 24.3 Å². The summed E-state index contributed by atoms with van der Waals surface area (Å²) in [5.74, 6) is 0.503. The molecule has 2 aromatic carbocycles. The van der Waals surface area contributed by atoms with Crippen LogP contribution in [0, 0.1) is 0 Å². The van der Waals surface area contributed by atoms with Crippen LogP contribution in [0.15, 0.2) is 48.5 Å². The van der Waals surface area contributed by atoms with E-state index in [9.17, 15) is 9.59 Å². The van der Waals surface area contributed by atoms with Crippen LogP contribution in [0.1, 0.15) is 24.2 Å². The third kappa shape index (κ3) is 5.23. The first-order chi connectivity index (χ1) is 13.0. The average molecular weight is 369 g/mol. The number of benzene rings is 2. The van der Waals surface area contributed by atoms with Gasteiger partial charge in [-0.3, -0.25) is 9.59 Å². The normalized spacial score (nSPS) is 10.2. The number of rotatable bonds is 8. The number of hydrogen-bond acceptors (Lipinski definition) is 4. The Morgan fingerprint density at radius 3 is 2.22 bits per heavy atom. The minimum absolute atomic E-state index is 0.0530. The molecule has 0 spiro atoms. The maximum absolute atomic E-state index is 12.9. The van der Waals surface area contributed by atoms with Crippen molar-refractivity contribution in [2.75, 3.05) is 39.1 Å². The second-order valence-corrected chi connectivity index (χ2v) is 6.13. The van der Waals surface area contributed by atoms with Crippen LogP contribution in [-0.2, 0) is 4.79 Å². The number of methoxy groups -OCH3 is 1. The molecule has 6 heteroatoms. The molecule has 27 heavy (non-hydrogen) atoms. The first-order valence-corrected chi connectivity index (χ1v) is 9.03. The first-order valence-electron chi connectivity index (χ1n) is 9.03. The Hall–Kier alpha value is -3.02. The Labute approximate surface area is 160 Å². The minimum Gasteiger partial charge on any atom is -0.497 e. The van der Waals surface area contributed by atoms with Crippen LogP contribution >= 0.6 is 0 Å². The molecule has 0 aliphatic rings. The SMILES string of the molecule is CCN(CC)C(=O)CN(C)C(=O)c1ccccc1Nc1ccc(OC)cc1. The number of anilines is 2. The molecule has 144 valence electrons. The number of nitrogens with one attached hydrogen (secondary N) is 1. The summed E-state index contributed by atoms with van der Waals surface area (Å²) in [5, 5.41) is 3.26. The van der Waals surface area contributed by atoms with E-state index in [1.807, 2.05) is 56.3 Å². The molecule has 0 unspecified atom stereocenters. The van der Waals surface area contributed by atoms with E-state index in [0.717, 1.165) is 11.4 Å². The van der Waals surface area contributed by atoms with Crippen molar-refractivity contribution in [3.05, 3.63) is 54.1 Å². The molecule has 2 rings (SSSR count). The van der Waals surface area contributed by atoms with Gasteiger partial charge in [0.1, 0.15) is 5.75 Å². The van der Waals surface area contributed by atoms with Crippen LogP contribution in [0.25, 0.3) is 0 Å². The van der Waals surface area contributed by atoms with Gasteiger partial charge in [0, 0.05) is 25.8 Å². The third-order valence-corrected chi connectivity index (χ3v) is 4.36. The maximum atomic E-state index is 12.9. The lowest BCUT2D eigenvalue weighted by Gasteiger charge is -2.24. The van der Waals surface area contributed by atoms with Crippen LogP contribution in [0.5, 0.6) is 5.75 Å². The summed E-state index contributed by atoms with van der Waals surface area (Å²) in [5.41, 5.74) is 2.05. The number of ether oxygens (including phenoxy) is 1. The lowest BCUT2D eigenvalue weighted by molar-refractivity contribution is -0.131. The molecule has 0 aromatic heterocycles. The molecule has 0 saturated carbocycles. The van der Waals surface area contributed by atoms with Crippen molar-refractivity contribution in [1.29, 1.82) is 0 Å². The number of carbonyl (C=O) groups excluding carboxylic acids is 2. The van der Waals surface area contributed by atoms with Crippen LogP contribution < -0.4 is 10.1 Å². The number of amides is 2. The fourth-order valence-corrected chi connectivity index (χ4v) is 2.77. The van der Waals surface area contributed by atoms with E-state index in [-0.39, 0.29) is 18.4 Å². The fraction of sp³-hybridized carbons (Fsp3) is 0.333. The van der Waals surface area contributed by atoms with E-state index in [4.69, 9.17) is 4.74 Å². The molecular weight excluding hydrogens is 342 g/mol. The van der Waals surface area contributed by atoms with Crippen molar-refractivity contribution in [2.24, 2.45) is 0 Å². The lowest BCUT2D eigenvalue weighted by atomic mass is 10.1. The predicted octanol–water partition coefficient (Wildman–Crippen LogP) is 3.38.